The fourth-order valence-corrected chi connectivity index (χ4v) is 3.72. The fraction of sp³-hybridized carbons (Fsp3) is 0.333. The normalized spacial score (nSPS) is 19.4. The number of amides is 2. The lowest BCUT2D eigenvalue weighted by Crippen LogP contribution is -2.25. The Morgan fingerprint density at radius 3 is 2.32 bits per heavy atom. The number of anilines is 1. The van der Waals surface area contributed by atoms with E-state index in [2.05, 4.69) is 44.4 Å². The SMILES string of the molecule is CC(C)=C[C@@H]1[C@@H](C(=O)Nc2ccccc2C(=O)NCc2ccccc2)C1(C)C. The summed E-state index contributed by atoms with van der Waals surface area (Å²) < 4.78 is 0. The highest BCUT2D eigenvalue weighted by molar-refractivity contribution is 6.05. The van der Waals surface area contributed by atoms with Crippen molar-refractivity contribution in [2.75, 3.05) is 5.32 Å². The van der Waals surface area contributed by atoms with E-state index in [1.165, 1.54) is 5.57 Å². The van der Waals surface area contributed by atoms with Crippen molar-refractivity contribution in [2.24, 2.45) is 17.3 Å². The summed E-state index contributed by atoms with van der Waals surface area (Å²) in [6.07, 6.45) is 2.17. The van der Waals surface area contributed by atoms with E-state index in [-0.39, 0.29) is 29.1 Å². The molecule has 2 atom stereocenters. The zero-order valence-corrected chi connectivity index (χ0v) is 17.0. The molecule has 0 bridgehead atoms. The van der Waals surface area contributed by atoms with Crippen LogP contribution >= 0.6 is 0 Å². The molecule has 4 nitrogen and oxygen atoms in total. The van der Waals surface area contributed by atoms with Crippen molar-refractivity contribution in [1.82, 2.24) is 5.32 Å². The number of carbonyl (C=O) groups is 2. The van der Waals surface area contributed by atoms with Crippen LogP contribution < -0.4 is 10.6 Å². The molecule has 2 aromatic carbocycles. The predicted molar refractivity (Wildman–Crippen MR) is 113 cm³/mol. The third kappa shape index (κ3) is 4.33. The molecule has 146 valence electrons. The van der Waals surface area contributed by atoms with Crippen LogP contribution in [0.3, 0.4) is 0 Å². The molecule has 1 aliphatic carbocycles. The third-order valence-electron chi connectivity index (χ3n) is 5.43. The van der Waals surface area contributed by atoms with Crippen LogP contribution in [0.2, 0.25) is 0 Å². The first kappa shape index (κ1) is 19.9. The average molecular weight is 377 g/mol. The molecule has 0 aliphatic heterocycles. The van der Waals surface area contributed by atoms with Gasteiger partial charge in [-0.2, -0.15) is 0 Å². The van der Waals surface area contributed by atoms with Crippen molar-refractivity contribution in [3.63, 3.8) is 0 Å². The second-order valence-corrected chi connectivity index (χ2v) is 8.27. The summed E-state index contributed by atoms with van der Waals surface area (Å²) in [6, 6.07) is 16.9. The first-order valence-corrected chi connectivity index (χ1v) is 9.67. The first-order chi connectivity index (χ1) is 13.3. The number of hydrogen-bond acceptors (Lipinski definition) is 2. The van der Waals surface area contributed by atoms with Gasteiger partial charge in [0.05, 0.1) is 17.2 Å². The van der Waals surface area contributed by atoms with Gasteiger partial charge in [0, 0.05) is 6.54 Å². The molecule has 2 amide bonds. The van der Waals surface area contributed by atoms with Crippen molar-refractivity contribution in [3.8, 4) is 0 Å². The van der Waals surface area contributed by atoms with Crippen molar-refractivity contribution < 1.29 is 9.59 Å². The van der Waals surface area contributed by atoms with Crippen molar-refractivity contribution in [1.29, 1.82) is 0 Å². The number of benzene rings is 2. The maximum Gasteiger partial charge on any atom is 0.253 e. The lowest BCUT2D eigenvalue weighted by Gasteiger charge is -2.12. The van der Waals surface area contributed by atoms with Crippen molar-refractivity contribution in [3.05, 3.63) is 77.4 Å². The Hall–Kier alpha value is -2.88. The van der Waals surface area contributed by atoms with Gasteiger partial charge in [-0.1, -0.05) is 68.0 Å². The molecular weight excluding hydrogens is 348 g/mol. The van der Waals surface area contributed by atoms with Gasteiger partial charge in [-0.25, -0.2) is 0 Å². The number of carbonyl (C=O) groups excluding carboxylic acids is 2. The van der Waals surface area contributed by atoms with Gasteiger partial charge in [0.2, 0.25) is 5.91 Å². The molecule has 0 heterocycles. The molecule has 28 heavy (non-hydrogen) atoms. The quantitative estimate of drug-likeness (QED) is 0.712. The van der Waals surface area contributed by atoms with E-state index >= 15 is 0 Å². The van der Waals surface area contributed by atoms with Crippen LogP contribution in [0, 0.1) is 17.3 Å². The van der Waals surface area contributed by atoms with Crippen LogP contribution in [0.5, 0.6) is 0 Å². The van der Waals surface area contributed by atoms with Crippen molar-refractivity contribution in [2.45, 2.75) is 34.2 Å². The Bertz CT molecular complexity index is 896. The molecule has 0 radical (unpaired) electrons. The molecule has 1 aliphatic rings. The van der Waals surface area contributed by atoms with E-state index in [1.807, 2.05) is 36.4 Å². The highest BCUT2D eigenvalue weighted by Crippen LogP contribution is 2.59. The minimum Gasteiger partial charge on any atom is -0.348 e. The molecule has 0 unspecified atom stereocenters. The smallest absolute Gasteiger partial charge is 0.253 e. The minimum atomic E-state index is -0.198. The lowest BCUT2D eigenvalue weighted by molar-refractivity contribution is -0.118. The zero-order chi connectivity index (χ0) is 20.3. The van der Waals surface area contributed by atoms with Gasteiger partial charge >= 0.3 is 0 Å². The van der Waals surface area contributed by atoms with E-state index in [9.17, 15) is 9.59 Å². The van der Waals surface area contributed by atoms with E-state index in [1.54, 1.807) is 18.2 Å². The molecule has 2 N–H and O–H groups in total. The minimum absolute atomic E-state index is 0.0317. The Kier molecular flexibility index (Phi) is 5.68. The van der Waals surface area contributed by atoms with Crippen LogP contribution in [-0.4, -0.2) is 11.8 Å². The van der Waals surface area contributed by atoms with Crippen LogP contribution in [0.1, 0.15) is 43.6 Å². The number of hydrogen-bond donors (Lipinski definition) is 2. The van der Waals surface area contributed by atoms with Gasteiger partial charge in [0.1, 0.15) is 0 Å². The van der Waals surface area contributed by atoms with Crippen LogP contribution in [-0.2, 0) is 11.3 Å². The highest BCUT2D eigenvalue weighted by atomic mass is 16.2. The van der Waals surface area contributed by atoms with Gasteiger partial charge in [-0.15, -0.1) is 0 Å². The Morgan fingerprint density at radius 2 is 1.64 bits per heavy atom. The average Bonchev–Trinajstić information content (AvgIpc) is 3.20. The second kappa shape index (κ2) is 8.01. The second-order valence-electron chi connectivity index (χ2n) is 8.27. The maximum atomic E-state index is 12.9. The van der Waals surface area contributed by atoms with Crippen molar-refractivity contribution >= 4 is 17.5 Å². The maximum absolute atomic E-state index is 12.9. The summed E-state index contributed by atoms with van der Waals surface area (Å²) in [5, 5.41) is 5.91. The number of para-hydroxylation sites is 1. The Balaban J connectivity index is 1.69. The summed E-state index contributed by atoms with van der Waals surface area (Å²) in [6.45, 7) is 8.77. The first-order valence-electron chi connectivity index (χ1n) is 9.67. The van der Waals surface area contributed by atoms with Gasteiger partial charge in [-0.05, 0) is 42.9 Å². The van der Waals surface area contributed by atoms with Gasteiger partial charge in [-0.3, -0.25) is 9.59 Å². The van der Waals surface area contributed by atoms with Crippen LogP contribution in [0.25, 0.3) is 0 Å². The zero-order valence-electron chi connectivity index (χ0n) is 17.0. The van der Waals surface area contributed by atoms with Crippen LogP contribution in [0.4, 0.5) is 5.69 Å². The Morgan fingerprint density at radius 1 is 1.00 bits per heavy atom. The van der Waals surface area contributed by atoms with Gasteiger partial charge < -0.3 is 10.6 Å². The number of rotatable bonds is 6. The topological polar surface area (TPSA) is 58.2 Å². The summed E-state index contributed by atoms with van der Waals surface area (Å²) in [5.41, 5.74) is 3.21. The van der Waals surface area contributed by atoms with E-state index in [0.717, 1.165) is 5.56 Å². The molecule has 0 spiro atoms. The highest BCUT2D eigenvalue weighted by Gasteiger charge is 2.60. The third-order valence-corrected chi connectivity index (χ3v) is 5.43. The monoisotopic (exact) mass is 376 g/mol. The molecule has 0 saturated heterocycles. The molecule has 4 heteroatoms. The van der Waals surface area contributed by atoms with E-state index < -0.39 is 0 Å². The molecular formula is C24H28N2O2. The summed E-state index contributed by atoms with van der Waals surface area (Å²) >= 11 is 0. The largest absolute Gasteiger partial charge is 0.348 e. The standard InChI is InChI=1S/C24H28N2O2/c1-16(2)14-19-21(24(19,3)4)23(28)26-20-13-9-8-12-18(20)22(27)25-15-17-10-6-5-7-11-17/h5-14,19,21H,15H2,1-4H3,(H,25,27)(H,26,28)/t19-,21+/m1/s1. The molecule has 2 aromatic rings. The molecule has 0 aromatic heterocycles. The molecule has 1 saturated carbocycles. The lowest BCUT2D eigenvalue weighted by atomic mass is 10.1. The predicted octanol–water partition coefficient (Wildman–Crippen LogP) is 4.79. The van der Waals surface area contributed by atoms with E-state index in [4.69, 9.17) is 0 Å². The Labute approximate surface area is 167 Å². The molecule has 3 rings (SSSR count). The fourth-order valence-electron chi connectivity index (χ4n) is 3.72. The number of nitrogens with one attached hydrogen (secondary N) is 2. The van der Waals surface area contributed by atoms with E-state index in [0.29, 0.717) is 17.8 Å². The summed E-state index contributed by atoms with van der Waals surface area (Å²) in [5.74, 6) is -0.0779. The summed E-state index contributed by atoms with van der Waals surface area (Å²) in [7, 11) is 0. The summed E-state index contributed by atoms with van der Waals surface area (Å²) in [4.78, 5) is 25.5. The van der Waals surface area contributed by atoms with Gasteiger partial charge in [0.25, 0.3) is 5.91 Å². The number of allylic oxidation sites excluding steroid dienone is 2. The van der Waals surface area contributed by atoms with Crippen LogP contribution in [0.15, 0.2) is 66.2 Å². The molecule has 1 fully saturated rings. The van der Waals surface area contributed by atoms with Gasteiger partial charge in [0.15, 0.2) is 0 Å².